The molecule has 0 aliphatic rings. The lowest BCUT2D eigenvalue weighted by molar-refractivity contribution is 0.201. The summed E-state index contributed by atoms with van der Waals surface area (Å²) in [4.78, 5) is 0. The second kappa shape index (κ2) is 3.72. The van der Waals surface area contributed by atoms with Gasteiger partial charge >= 0.3 is 0 Å². The topological polar surface area (TPSA) is 20.2 Å². The Balaban J connectivity index is 2.95. The lowest BCUT2D eigenvalue weighted by Crippen LogP contribution is -2.25. The van der Waals surface area contributed by atoms with E-state index in [1.807, 2.05) is 18.2 Å². The fourth-order valence-electron chi connectivity index (χ4n) is 1.25. The van der Waals surface area contributed by atoms with Gasteiger partial charge in [-0.1, -0.05) is 44.2 Å². The molecule has 0 aromatic heterocycles. The van der Waals surface area contributed by atoms with Crippen molar-refractivity contribution in [3.63, 3.8) is 0 Å². The third-order valence-electron chi connectivity index (χ3n) is 2.60. The highest BCUT2D eigenvalue weighted by atomic mass is 16.3. The van der Waals surface area contributed by atoms with E-state index in [9.17, 15) is 5.11 Å². The molecule has 0 bridgehead atoms. The quantitative estimate of drug-likeness (QED) is 0.727. The summed E-state index contributed by atoms with van der Waals surface area (Å²) in [7, 11) is 0. The van der Waals surface area contributed by atoms with Gasteiger partial charge in [0, 0.05) is 5.41 Å². The molecule has 0 saturated carbocycles. The van der Waals surface area contributed by atoms with E-state index in [4.69, 9.17) is 0 Å². The fourth-order valence-corrected chi connectivity index (χ4v) is 1.25. The van der Waals surface area contributed by atoms with Gasteiger partial charge in [-0.25, -0.2) is 0 Å². The number of hydrogen-bond acceptors (Lipinski definition) is 1. The smallest absolute Gasteiger partial charge is 0.0525 e. The van der Waals surface area contributed by atoms with Crippen molar-refractivity contribution in [3.8, 4) is 0 Å². The first-order valence-electron chi connectivity index (χ1n) is 4.39. The molecule has 1 aromatic carbocycles. The number of aliphatic hydroxyl groups is 1. The minimum atomic E-state index is -0.0682. The van der Waals surface area contributed by atoms with E-state index in [-0.39, 0.29) is 12.0 Å². The predicted octanol–water partition coefficient (Wildman–Crippen LogP) is 2.35. The number of benzene rings is 1. The van der Waals surface area contributed by atoms with Crippen molar-refractivity contribution in [1.29, 1.82) is 0 Å². The summed E-state index contributed by atoms with van der Waals surface area (Å²) in [6.45, 7) is 4.40. The van der Waals surface area contributed by atoms with Crippen LogP contribution in [0.2, 0.25) is 0 Å². The third kappa shape index (κ3) is 1.67. The molecular formula is C11H16O. The van der Waals surface area contributed by atoms with Gasteiger partial charge in [-0.05, 0) is 12.0 Å². The zero-order valence-corrected chi connectivity index (χ0v) is 7.75. The summed E-state index contributed by atoms with van der Waals surface area (Å²) in [6.07, 6.45) is 0.966. The maximum absolute atomic E-state index is 9.24. The molecule has 0 heterocycles. The maximum Gasteiger partial charge on any atom is 0.0525 e. The summed E-state index contributed by atoms with van der Waals surface area (Å²) in [6, 6.07) is 10.2. The van der Waals surface area contributed by atoms with Crippen LogP contribution in [0.15, 0.2) is 30.3 Å². The standard InChI is InChI=1S/C11H16O/c1-3-11(2,9-12)10-7-5-4-6-8-10/h4-8,12H,3,9H2,1-2H3. The van der Waals surface area contributed by atoms with Gasteiger partial charge in [0.15, 0.2) is 0 Å². The molecule has 0 spiro atoms. The highest BCUT2D eigenvalue weighted by Crippen LogP contribution is 2.25. The van der Waals surface area contributed by atoms with Gasteiger partial charge in [-0.2, -0.15) is 0 Å². The van der Waals surface area contributed by atoms with Gasteiger partial charge in [-0.3, -0.25) is 0 Å². The number of hydrogen-bond donors (Lipinski definition) is 1. The Bertz CT molecular complexity index is 224. The molecule has 0 aliphatic heterocycles. The summed E-state index contributed by atoms with van der Waals surface area (Å²) in [5, 5.41) is 9.24. The van der Waals surface area contributed by atoms with Crippen molar-refractivity contribution in [2.24, 2.45) is 0 Å². The molecule has 1 unspecified atom stereocenters. The van der Waals surface area contributed by atoms with E-state index in [0.29, 0.717) is 0 Å². The SMILES string of the molecule is CCC(C)(CO)c1ccccc1. The molecule has 0 radical (unpaired) electrons. The Hall–Kier alpha value is -0.820. The van der Waals surface area contributed by atoms with E-state index in [1.165, 1.54) is 5.56 Å². The first kappa shape index (κ1) is 9.27. The molecule has 66 valence electrons. The Morgan fingerprint density at radius 2 is 1.83 bits per heavy atom. The van der Waals surface area contributed by atoms with E-state index < -0.39 is 0 Å². The minimum absolute atomic E-state index is 0.0682. The average molecular weight is 164 g/mol. The van der Waals surface area contributed by atoms with Crippen LogP contribution in [-0.4, -0.2) is 11.7 Å². The van der Waals surface area contributed by atoms with Gasteiger partial charge < -0.3 is 5.11 Å². The molecule has 0 aliphatic carbocycles. The van der Waals surface area contributed by atoms with Crippen LogP contribution in [0.5, 0.6) is 0 Å². The van der Waals surface area contributed by atoms with Gasteiger partial charge in [0.05, 0.1) is 6.61 Å². The summed E-state index contributed by atoms with van der Waals surface area (Å²) in [5.41, 5.74) is 1.15. The van der Waals surface area contributed by atoms with E-state index >= 15 is 0 Å². The van der Waals surface area contributed by atoms with E-state index in [1.54, 1.807) is 0 Å². The third-order valence-corrected chi connectivity index (χ3v) is 2.60. The number of rotatable bonds is 3. The number of aliphatic hydroxyl groups excluding tert-OH is 1. The Morgan fingerprint density at radius 1 is 1.25 bits per heavy atom. The highest BCUT2D eigenvalue weighted by Gasteiger charge is 2.22. The van der Waals surface area contributed by atoms with Crippen LogP contribution in [0, 0.1) is 0 Å². The Labute approximate surface area is 74.1 Å². The van der Waals surface area contributed by atoms with Gasteiger partial charge in [0.25, 0.3) is 0 Å². The lowest BCUT2D eigenvalue weighted by atomic mass is 9.81. The van der Waals surface area contributed by atoms with Crippen LogP contribution >= 0.6 is 0 Å². The van der Waals surface area contributed by atoms with Crippen molar-refractivity contribution in [1.82, 2.24) is 0 Å². The van der Waals surface area contributed by atoms with Crippen molar-refractivity contribution < 1.29 is 5.11 Å². The molecule has 1 rings (SSSR count). The van der Waals surface area contributed by atoms with Crippen molar-refractivity contribution in [2.75, 3.05) is 6.61 Å². The molecule has 1 nitrogen and oxygen atoms in total. The van der Waals surface area contributed by atoms with Crippen LogP contribution < -0.4 is 0 Å². The average Bonchev–Trinajstić information content (AvgIpc) is 2.18. The second-order valence-corrected chi connectivity index (χ2v) is 3.44. The van der Waals surface area contributed by atoms with Crippen LogP contribution in [0.25, 0.3) is 0 Å². The van der Waals surface area contributed by atoms with Crippen LogP contribution in [0.4, 0.5) is 0 Å². The maximum atomic E-state index is 9.24. The first-order valence-corrected chi connectivity index (χ1v) is 4.39. The molecule has 1 atom stereocenters. The summed E-state index contributed by atoms with van der Waals surface area (Å²) < 4.78 is 0. The van der Waals surface area contributed by atoms with Gasteiger partial charge in [0.1, 0.15) is 0 Å². The Morgan fingerprint density at radius 3 is 2.25 bits per heavy atom. The lowest BCUT2D eigenvalue weighted by Gasteiger charge is -2.25. The van der Waals surface area contributed by atoms with E-state index in [0.717, 1.165) is 6.42 Å². The van der Waals surface area contributed by atoms with Crippen molar-refractivity contribution in [2.45, 2.75) is 25.7 Å². The molecule has 12 heavy (non-hydrogen) atoms. The van der Waals surface area contributed by atoms with Crippen molar-refractivity contribution >= 4 is 0 Å². The van der Waals surface area contributed by atoms with E-state index in [2.05, 4.69) is 26.0 Å². The monoisotopic (exact) mass is 164 g/mol. The molecule has 0 fully saturated rings. The summed E-state index contributed by atoms with van der Waals surface area (Å²) in [5.74, 6) is 0. The normalized spacial score (nSPS) is 15.6. The van der Waals surface area contributed by atoms with Crippen LogP contribution in [0.1, 0.15) is 25.8 Å². The van der Waals surface area contributed by atoms with Gasteiger partial charge in [0.2, 0.25) is 0 Å². The van der Waals surface area contributed by atoms with Gasteiger partial charge in [-0.15, -0.1) is 0 Å². The Kier molecular flexibility index (Phi) is 2.88. The molecule has 1 N–H and O–H groups in total. The van der Waals surface area contributed by atoms with Crippen molar-refractivity contribution in [3.05, 3.63) is 35.9 Å². The fraction of sp³-hybridized carbons (Fsp3) is 0.455. The zero-order valence-electron chi connectivity index (χ0n) is 7.75. The highest BCUT2D eigenvalue weighted by molar-refractivity contribution is 5.24. The minimum Gasteiger partial charge on any atom is -0.395 e. The van der Waals surface area contributed by atoms with Crippen LogP contribution in [-0.2, 0) is 5.41 Å². The largest absolute Gasteiger partial charge is 0.395 e. The molecular weight excluding hydrogens is 148 g/mol. The zero-order chi connectivity index (χ0) is 9.03. The molecule has 1 heteroatoms. The van der Waals surface area contributed by atoms with Crippen LogP contribution in [0.3, 0.4) is 0 Å². The molecule has 1 aromatic rings. The first-order chi connectivity index (χ1) is 5.73. The second-order valence-electron chi connectivity index (χ2n) is 3.44. The molecule has 0 saturated heterocycles. The molecule has 0 amide bonds. The summed E-state index contributed by atoms with van der Waals surface area (Å²) >= 11 is 0. The predicted molar refractivity (Wildman–Crippen MR) is 51.2 cm³/mol.